The van der Waals surface area contributed by atoms with E-state index in [9.17, 15) is 0 Å². The first-order chi connectivity index (χ1) is 8.39. The maximum absolute atomic E-state index is 3.62. The molecule has 1 aliphatic rings. The van der Waals surface area contributed by atoms with Crippen molar-refractivity contribution in [2.24, 2.45) is 0 Å². The summed E-state index contributed by atoms with van der Waals surface area (Å²) in [6.07, 6.45) is 2.31. The Bertz CT molecular complexity index is 471. The van der Waals surface area contributed by atoms with Crippen LogP contribution in [-0.4, -0.2) is 6.54 Å². The van der Waals surface area contributed by atoms with Crippen molar-refractivity contribution >= 4 is 0 Å². The van der Waals surface area contributed by atoms with Gasteiger partial charge in [-0.2, -0.15) is 0 Å². The molecule has 1 nitrogen and oxygen atoms in total. The minimum atomic E-state index is 0.169. The highest BCUT2D eigenvalue weighted by Crippen LogP contribution is 2.34. The monoisotopic (exact) mass is 223 g/mol. The Morgan fingerprint density at radius 2 is 1.47 bits per heavy atom. The van der Waals surface area contributed by atoms with Gasteiger partial charge in [-0.25, -0.2) is 0 Å². The van der Waals surface area contributed by atoms with Gasteiger partial charge in [0, 0.05) is 5.54 Å². The van der Waals surface area contributed by atoms with E-state index in [0.717, 1.165) is 13.0 Å². The van der Waals surface area contributed by atoms with Crippen LogP contribution in [0.15, 0.2) is 60.7 Å². The van der Waals surface area contributed by atoms with Crippen molar-refractivity contribution in [2.75, 3.05) is 6.54 Å². The predicted molar refractivity (Wildman–Crippen MR) is 70.9 cm³/mol. The highest BCUT2D eigenvalue weighted by atomic mass is 15.0. The Kier molecular flexibility index (Phi) is 2.69. The third-order valence-corrected chi connectivity index (χ3v) is 3.69. The predicted octanol–water partition coefficient (Wildman–Crippen LogP) is 3.12. The van der Waals surface area contributed by atoms with Crippen LogP contribution in [0.25, 0.3) is 0 Å². The lowest BCUT2D eigenvalue weighted by atomic mass is 9.76. The molecule has 0 radical (unpaired) electrons. The standard InChI is InChI=1S/C16H17N/c1-3-7-14(8-4-1)13-16(11-12-17-16)15-9-5-2-6-10-15/h1-10,17H,11-13H2. The van der Waals surface area contributed by atoms with Gasteiger partial charge in [0.05, 0.1) is 0 Å². The number of rotatable bonds is 3. The van der Waals surface area contributed by atoms with Crippen molar-refractivity contribution in [2.45, 2.75) is 18.4 Å². The van der Waals surface area contributed by atoms with Gasteiger partial charge < -0.3 is 5.32 Å². The van der Waals surface area contributed by atoms with Crippen molar-refractivity contribution in [1.29, 1.82) is 0 Å². The molecule has 0 saturated carbocycles. The van der Waals surface area contributed by atoms with Crippen LogP contribution < -0.4 is 5.32 Å². The van der Waals surface area contributed by atoms with Gasteiger partial charge in [0.2, 0.25) is 0 Å². The summed E-state index contributed by atoms with van der Waals surface area (Å²) in [6, 6.07) is 21.5. The van der Waals surface area contributed by atoms with Crippen LogP contribution in [0, 0.1) is 0 Å². The summed E-state index contributed by atoms with van der Waals surface area (Å²) in [5.74, 6) is 0. The third kappa shape index (κ3) is 1.98. The lowest BCUT2D eigenvalue weighted by Crippen LogP contribution is -2.55. The molecular weight excluding hydrogens is 206 g/mol. The molecular formula is C16H17N. The first-order valence-electron chi connectivity index (χ1n) is 6.24. The Hall–Kier alpha value is -1.60. The minimum Gasteiger partial charge on any atom is -0.307 e. The van der Waals surface area contributed by atoms with Gasteiger partial charge in [-0.05, 0) is 30.5 Å². The lowest BCUT2D eigenvalue weighted by Gasteiger charge is -2.44. The number of benzene rings is 2. The van der Waals surface area contributed by atoms with Gasteiger partial charge in [-0.15, -0.1) is 0 Å². The molecule has 1 unspecified atom stereocenters. The van der Waals surface area contributed by atoms with E-state index in [1.165, 1.54) is 17.5 Å². The maximum atomic E-state index is 3.62. The first-order valence-corrected chi connectivity index (χ1v) is 6.24. The van der Waals surface area contributed by atoms with E-state index in [1.807, 2.05) is 0 Å². The van der Waals surface area contributed by atoms with Gasteiger partial charge in [0.15, 0.2) is 0 Å². The van der Waals surface area contributed by atoms with Crippen LogP contribution in [0.2, 0.25) is 0 Å². The second kappa shape index (κ2) is 4.34. The largest absolute Gasteiger partial charge is 0.307 e. The molecule has 3 rings (SSSR count). The number of hydrogen-bond acceptors (Lipinski definition) is 1. The Morgan fingerprint density at radius 1 is 0.882 bits per heavy atom. The number of nitrogens with one attached hydrogen (secondary N) is 1. The molecule has 17 heavy (non-hydrogen) atoms. The van der Waals surface area contributed by atoms with E-state index in [4.69, 9.17) is 0 Å². The topological polar surface area (TPSA) is 12.0 Å². The third-order valence-electron chi connectivity index (χ3n) is 3.69. The zero-order valence-electron chi connectivity index (χ0n) is 9.89. The van der Waals surface area contributed by atoms with E-state index in [2.05, 4.69) is 66.0 Å². The van der Waals surface area contributed by atoms with Gasteiger partial charge in [0.25, 0.3) is 0 Å². The summed E-state index contributed by atoms with van der Waals surface area (Å²) in [4.78, 5) is 0. The highest BCUT2D eigenvalue weighted by Gasteiger charge is 2.37. The molecule has 0 amide bonds. The van der Waals surface area contributed by atoms with Gasteiger partial charge >= 0.3 is 0 Å². The summed E-state index contributed by atoms with van der Waals surface area (Å²) in [5, 5.41) is 3.62. The SMILES string of the molecule is c1ccc(CC2(c3ccccc3)CCN2)cc1. The average molecular weight is 223 g/mol. The van der Waals surface area contributed by atoms with Crippen LogP contribution in [0.5, 0.6) is 0 Å². The van der Waals surface area contributed by atoms with E-state index in [-0.39, 0.29) is 5.54 Å². The fourth-order valence-corrected chi connectivity index (χ4v) is 2.63. The molecule has 1 heterocycles. The molecule has 86 valence electrons. The minimum absolute atomic E-state index is 0.169. The van der Waals surface area contributed by atoms with Crippen LogP contribution in [-0.2, 0) is 12.0 Å². The van der Waals surface area contributed by atoms with E-state index >= 15 is 0 Å². The zero-order valence-corrected chi connectivity index (χ0v) is 9.89. The van der Waals surface area contributed by atoms with Crippen molar-refractivity contribution in [1.82, 2.24) is 5.32 Å². The number of hydrogen-bond donors (Lipinski definition) is 1. The first kappa shape index (κ1) is 10.5. The quantitative estimate of drug-likeness (QED) is 0.843. The Balaban J connectivity index is 1.89. The van der Waals surface area contributed by atoms with Crippen LogP contribution in [0.3, 0.4) is 0 Å². The van der Waals surface area contributed by atoms with Gasteiger partial charge in [0.1, 0.15) is 0 Å². The van der Waals surface area contributed by atoms with E-state index < -0.39 is 0 Å². The molecule has 1 atom stereocenters. The molecule has 0 aliphatic carbocycles. The second-order valence-electron chi connectivity index (χ2n) is 4.79. The van der Waals surface area contributed by atoms with Crippen LogP contribution >= 0.6 is 0 Å². The zero-order chi connectivity index (χ0) is 11.6. The molecule has 1 heteroatoms. The van der Waals surface area contributed by atoms with Crippen LogP contribution in [0.1, 0.15) is 17.5 Å². The normalized spacial score (nSPS) is 23.1. The van der Waals surface area contributed by atoms with Crippen molar-refractivity contribution in [3.8, 4) is 0 Å². The molecule has 2 aromatic rings. The molecule has 1 fully saturated rings. The van der Waals surface area contributed by atoms with E-state index in [1.54, 1.807) is 0 Å². The smallest absolute Gasteiger partial charge is 0.0487 e. The molecule has 1 aliphatic heterocycles. The average Bonchev–Trinajstić information content (AvgIpc) is 2.36. The molecule has 0 bridgehead atoms. The van der Waals surface area contributed by atoms with Crippen molar-refractivity contribution < 1.29 is 0 Å². The summed E-state index contributed by atoms with van der Waals surface area (Å²) >= 11 is 0. The van der Waals surface area contributed by atoms with Gasteiger partial charge in [-0.1, -0.05) is 60.7 Å². The molecule has 2 aromatic carbocycles. The summed E-state index contributed by atoms with van der Waals surface area (Å²) in [5.41, 5.74) is 2.99. The molecule has 1 N–H and O–H groups in total. The fourth-order valence-electron chi connectivity index (χ4n) is 2.63. The van der Waals surface area contributed by atoms with Crippen molar-refractivity contribution in [3.63, 3.8) is 0 Å². The molecule has 1 saturated heterocycles. The van der Waals surface area contributed by atoms with Gasteiger partial charge in [-0.3, -0.25) is 0 Å². The Morgan fingerprint density at radius 3 is 2.00 bits per heavy atom. The lowest BCUT2D eigenvalue weighted by molar-refractivity contribution is 0.208. The molecule has 0 aromatic heterocycles. The van der Waals surface area contributed by atoms with Crippen LogP contribution in [0.4, 0.5) is 0 Å². The second-order valence-corrected chi connectivity index (χ2v) is 4.79. The summed E-state index contributed by atoms with van der Waals surface area (Å²) in [7, 11) is 0. The summed E-state index contributed by atoms with van der Waals surface area (Å²) in [6.45, 7) is 1.13. The highest BCUT2D eigenvalue weighted by molar-refractivity contribution is 5.31. The molecule has 0 spiro atoms. The fraction of sp³-hybridized carbons (Fsp3) is 0.250. The van der Waals surface area contributed by atoms with Crippen molar-refractivity contribution in [3.05, 3.63) is 71.8 Å². The maximum Gasteiger partial charge on any atom is 0.0487 e. The van der Waals surface area contributed by atoms with E-state index in [0.29, 0.717) is 0 Å². The Labute approximate surface area is 102 Å². The summed E-state index contributed by atoms with van der Waals surface area (Å²) < 4.78 is 0.